The molecule has 0 saturated heterocycles. The Kier molecular flexibility index (Phi) is 5.20. The summed E-state index contributed by atoms with van der Waals surface area (Å²) in [6, 6.07) is 11.5. The highest BCUT2D eigenvalue weighted by molar-refractivity contribution is 5.95. The number of hydrazone groups is 1. The molecule has 0 radical (unpaired) electrons. The van der Waals surface area contributed by atoms with Gasteiger partial charge in [-0.25, -0.2) is 5.43 Å². The topological polar surface area (TPSA) is 104 Å². The van der Waals surface area contributed by atoms with Crippen LogP contribution in [0, 0.1) is 0 Å². The first-order valence-corrected chi connectivity index (χ1v) is 6.46. The zero-order valence-electron chi connectivity index (χ0n) is 11.6. The van der Waals surface area contributed by atoms with Crippen molar-refractivity contribution in [3.63, 3.8) is 0 Å². The smallest absolute Gasteiger partial charge is 0.270 e. The van der Waals surface area contributed by atoms with Gasteiger partial charge in [0.2, 0.25) is 0 Å². The highest BCUT2D eigenvalue weighted by Gasteiger charge is 2.07. The molecule has 0 aliphatic carbocycles. The minimum absolute atomic E-state index is 0.0592. The monoisotopic (exact) mass is 298 g/mol. The van der Waals surface area contributed by atoms with Crippen LogP contribution in [0.1, 0.15) is 16.1 Å². The molecule has 0 spiro atoms. The lowest BCUT2D eigenvalue weighted by atomic mass is 10.2. The molecular weight excluding hydrogens is 284 g/mol. The molecule has 7 heteroatoms. The summed E-state index contributed by atoms with van der Waals surface area (Å²) in [5.74, 6) is -0.875. The van der Waals surface area contributed by atoms with E-state index < -0.39 is 11.8 Å². The molecule has 0 atom stereocenters. The quantitative estimate of drug-likeness (QED) is 0.557. The number of phenols is 1. The van der Waals surface area contributed by atoms with Crippen LogP contribution in [-0.4, -0.2) is 34.7 Å². The van der Waals surface area contributed by atoms with Gasteiger partial charge in [-0.05, 0) is 24.3 Å². The largest absolute Gasteiger partial charge is 0.507 e. The first kappa shape index (κ1) is 15.2. The second kappa shape index (κ2) is 7.53. The van der Waals surface area contributed by atoms with Crippen molar-refractivity contribution in [3.8, 4) is 5.75 Å². The van der Waals surface area contributed by atoms with Gasteiger partial charge in [-0.1, -0.05) is 18.2 Å². The van der Waals surface area contributed by atoms with Crippen molar-refractivity contribution in [2.24, 2.45) is 5.10 Å². The number of pyridine rings is 1. The van der Waals surface area contributed by atoms with Crippen molar-refractivity contribution in [1.82, 2.24) is 15.7 Å². The van der Waals surface area contributed by atoms with Gasteiger partial charge in [0.1, 0.15) is 11.4 Å². The molecule has 112 valence electrons. The number of carbonyl (C=O) groups excluding carboxylic acids is 2. The molecule has 2 rings (SSSR count). The number of hydrogen-bond donors (Lipinski definition) is 3. The highest BCUT2D eigenvalue weighted by atomic mass is 16.3. The van der Waals surface area contributed by atoms with Gasteiger partial charge in [0, 0.05) is 11.8 Å². The third-order valence-electron chi connectivity index (χ3n) is 2.64. The maximum absolute atomic E-state index is 11.7. The lowest BCUT2D eigenvalue weighted by Crippen LogP contribution is -2.35. The molecule has 3 N–H and O–H groups in total. The molecule has 0 unspecified atom stereocenters. The van der Waals surface area contributed by atoms with Gasteiger partial charge < -0.3 is 10.4 Å². The molecule has 0 fully saturated rings. The van der Waals surface area contributed by atoms with Crippen LogP contribution < -0.4 is 10.7 Å². The summed E-state index contributed by atoms with van der Waals surface area (Å²) in [5, 5.41) is 15.6. The van der Waals surface area contributed by atoms with Gasteiger partial charge >= 0.3 is 0 Å². The Morgan fingerprint density at radius 3 is 2.68 bits per heavy atom. The van der Waals surface area contributed by atoms with Gasteiger partial charge in [-0.3, -0.25) is 14.6 Å². The summed E-state index contributed by atoms with van der Waals surface area (Å²) >= 11 is 0. The van der Waals surface area contributed by atoms with Crippen molar-refractivity contribution in [1.29, 1.82) is 0 Å². The first-order chi connectivity index (χ1) is 10.7. The lowest BCUT2D eigenvalue weighted by molar-refractivity contribution is -0.120. The number of hydrogen-bond acceptors (Lipinski definition) is 5. The van der Waals surface area contributed by atoms with Gasteiger partial charge in [0.05, 0.1) is 12.8 Å². The minimum Gasteiger partial charge on any atom is -0.507 e. The standard InChI is InChI=1S/C15H14N4O3/c20-13-7-2-1-5-11(13)9-18-19-14(21)10-17-15(22)12-6-3-4-8-16-12/h1-9,20H,10H2,(H,17,22)(H,19,21)/b18-9-. The Hall–Kier alpha value is -3.22. The number of phenolic OH excluding ortho intramolecular Hbond substituents is 1. The minimum atomic E-state index is -0.490. The molecule has 0 aliphatic heterocycles. The van der Waals surface area contributed by atoms with E-state index in [1.165, 1.54) is 18.5 Å². The fourth-order valence-corrected chi connectivity index (χ4v) is 1.56. The summed E-state index contributed by atoms with van der Waals surface area (Å²) in [5.41, 5.74) is 2.95. The maximum atomic E-state index is 11.7. The van der Waals surface area contributed by atoms with Crippen molar-refractivity contribution in [3.05, 3.63) is 59.9 Å². The van der Waals surface area contributed by atoms with Gasteiger partial charge in [0.25, 0.3) is 11.8 Å². The summed E-state index contributed by atoms with van der Waals surface area (Å²) in [6.07, 6.45) is 2.80. The van der Waals surface area contributed by atoms with Crippen LogP contribution >= 0.6 is 0 Å². The van der Waals surface area contributed by atoms with E-state index in [0.29, 0.717) is 5.56 Å². The molecule has 22 heavy (non-hydrogen) atoms. The van der Waals surface area contributed by atoms with E-state index in [0.717, 1.165) is 0 Å². The predicted octanol–water partition coefficient (Wildman–Crippen LogP) is 0.667. The molecule has 0 bridgehead atoms. The Balaban J connectivity index is 1.79. The van der Waals surface area contributed by atoms with Crippen molar-refractivity contribution in [2.45, 2.75) is 0 Å². The summed E-state index contributed by atoms with van der Waals surface area (Å²) < 4.78 is 0. The Morgan fingerprint density at radius 2 is 1.95 bits per heavy atom. The number of nitrogens with one attached hydrogen (secondary N) is 2. The van der Waals surface area contributed by atoms with Crippen LogP contribution in [0.3, 0.4) is 0 Å². The molecule has 1 aromatic heterocycles. The molecule has 1 aromatic carbocycles. The molecule has 7 nitrogen and oxygen atoms in total. The summed E-state index contributed by atoms with van der Waals surface area (Å²) in [6.45, 7) is -0.229. The number of aromatic nitrogens is 1. The number of aromatic hydroxyl groups is 1. The average molecular weight is 298 g/mol. The molecule has 2 amide bonds. The van der Waals surface area contributed by atoms with E-state index in [2.05, 4.69) is 20.8 Å². The molecule has 2 aromatic rings. The van der Waals surface area contributed by atoms with E-state index in [1.807, 2.05) is 0 Å². The van der Waals surface area contributed by atoms with Crippen LogP contribution in [0.15, 0.2) is 53.8 Å². The third-order valence-corrected chi connectivity index (χ3v) is 2.64. The van der Waals surface area contributed by atoms with Crippen LogP contribution in [0.5, 0.6) is 5.75 Å². The van der Waals surface area contributed by atoms with Crippen LogP contribution in [0.2, 0.25) is 0 Å². The highest BCUT2D eigenvalue weighted by Crippen LogP contribution is 2.12. The molecule has 0 aliphatic rings. The van der Waals surface area contributed by atoms with Gasteiger partial charge in [0.15, 0.2) is 0 Å². The fraction of sp³-hybridized carbons (Fsp3) is 0.0667. The van der Waals surface area contributed by atoms with Gasteiger partial charge in [-0.2, -0.15) is 5.10 Å². The molecule has 1 heterocycles. The Morgan fingerprint density at radius 1 is 1.18 bits per heavy atom. The van der Waals surface area contributed by atoms with Gasteiger partial charge in [-0.15, -0.1) is 0 Å². The van der Waals surface area contributed by atoms with E-state index in [9.17, 15) is 14.7 Å². The van der Waals surface area contributed by atoms with Crippen LogP contribution in [0.4, 0.5) is 0 Å². The van der Waals surface area contributed by atoms with Crippen LogP contribution in [0.25, 0.3) is 0 Å². The van der Waals surface area contributed by atoms with Crippen molar-refractivity contribution in [2.75, 3.05) is 6.54 Å². The normalized spacial score (nSPS) is 10.4. The predicted molar refractivity (Wildman–Crippen MR) is 80.4 cm³/mol. The molecular formula is C15H14N4O3. The molecule has 0 saturated carbocycles. The zero-order chi connectivity index (χ0) is 15.8. The second-order valence-corrected chi connectivity index (χ2v) is 4.25. The zero-order valence-corrected chi connectivity index (χ0v) is 11.6. The van der Waals surface area contributed by atoms with E-state index in [-0.39, 0.29) is 18.0 Å². The average Bonchev–Trinajstić information content (AvgIpc) is 2.55. The Labute approximate surface area is 126 Å². The number of amides is 2. The second-order valence-electron chi connectivity index (χ2n) is 4.25. The summed E-state index contributed by atoms with van der Waals surface area (Å²) in [7, 11) is 0. The van der Waals surface area contributed by atoms with Crippen molar-refractivity contribution < 1.29 is 14.7 Å². The number of benzene rings is 1. The van der Waals surface area contributed by atoms with E-state index >= 15 is 0 Å². The fourth-order valence-electron chi connectivity index (χ4n) is 1.56. The number of para-hydroxylation sites is 1. The number of rotatable bonds is 5. The van der Waals surface area contributed by atoms with Crippen LogP contribution in [-0.2, 0) is 4.79 Å². The van der Waals surface area contributed by atoms with Crippen molar-refractivity contribution >= 4 is 18.0 Å². The summed E-state index contributed by atoms with van der Waals surface area (Å²) in [4.78, 5) is 27.1. The first-order valence-electron chi connectivity index (χ1n) is 6.46. The third kappa shape index (κ3) is 4.41. The number of carbonyl (C=O) groups is 2. The van der Waals surface area contributed by atoms with E-state index in [4.69, 9.17) is 0 Å². The Bertz CT molecular complexity index is 686. The maximum Gasteiger partial charge on any atom is 0.270 e. The number of nitrogens with zero attached hydrogens (tertiary/aromatic N) is 2. The lowest BCUT2D eigenvalue weighted by Gasteiger charge is -2.03. The van der Waals surface area contributed by atoms with E-state index in [1.54, 1.807) is 36.4 Å². The SMILES string of the molecule is O=C(CNC(=O)c1ccccn1)N/N=C\c1ccccc1O.